The molecule has 0 aliphatic carbocycles. The third-order valence-corrected chi connectivity index (χ3v) is 1.88. The summed E-state index contributed by atoms with van der Waals surface area (Å²) < 4.78 is 4.68. The van der Waals surface area contributed by atoms with Gasteiger partial charge in [-0.3, -0.25) is 4.79 Å². The number of hydrogen-bond donors (Lipinski definition) is 3. The lowest BCUT2D eigenvalue weighted by atomic mass is 10.2. The number of aliphatic hydroxyl groups is 1. The molecule has 0 fully saturated rings. The quantitative estimate of drug-likeness (QED) is 0.629. The molecular weight excluding hydrogens is 216 g/mol. The average molecular weight is 228 g/mol. The van der Waals surface area contributed by atoms with Gasteiger partial charge in [-0.15, -0.1) is 0 Å². The van der Waals surface area contributed by atoms with Crippen LogP contribution < -0.4 is 5.32 Å². The summed E-state index contributed by atoms with van der Waals surface area (Å²) in [6.45, 7) is 1.29. The molecule has 0 aliphatic heterocycles. The molecule has 1 unspecified atom stereocenters. The summed E-state index contributed by atoms with van der Waals surface area (Å²) in [4.78, 5) is 22.2. The number of rotatable bonds is 5. The highest BCUT2D eigenvalue weighted by Crippen LogP contribution is 2.02. The molecule has 0 aromatic carbocycles. The van der Waals surface area contributed by atoms with Crippen molar-refractivity contribution in [1.82, 2.24) is 10.5 Å². The Balaban J connectivity index is 2.65. The lowest BCUT2D eigenvalue weighted by molar-refractivity contribution is -0.139. The molecule has 0 saturated carbocycles. The summed E-state index contributed by atoms with van der Waals surface area (Å²) in [5.74, 6) is -1.39. The average Bonchev–Trinajstić information content (AvgIpc) is 2.64. The van der Waals surface area contributed by atoms with Crippen LogP contribution in [0.15, 0.2) is 10.6 Å². The highest BCUT2D eigenvalue weighted by molar-refractivity contribution is 5.94. The molecule has 1 amide bonds. The van der Waals surface area contributed by atoms with Gasteiger partial charge in [0.05, 0.1) is 0 Å². The van der Waals surface area contributed by atoms with Gasteiger partial charge in [-0.25, -0.2) is 4.79 Å². The zero-order valence-electron chi connectivity index (χ0n) is 8.64. The Morgan fingerprint density at radius 3 is 2.75 bits per heavy atom. The Bertz CT molecular complexity index is 387. The highest BCUT2D eigenvalue weighted by Gasteiger charge is 2.21. The predicted octanol–water partition coefficient (Wildman–Crippen LogP) is -0.452. The molecule has 0 spiro atoms. The van der Waals surface area contributed by atoms with E-state index in [1.54, 1.807) is 6.92 Å². The first-order valence-electron chi connectivity index (χ1n) is 4.62. The monoisotopic (exact) mass is 228 g/mol. The third-order valence-electron chi connectivity index (χ3n) is 1.88. The second-order valence-electron chi connectivity index (χ2n) is 3.20. The van der Waals surface area contributed by atoms with Crippen molar-refractivity contribution in [3.8, 4) is 0 Å². The Morgan fingerprint density at radius 1 is 1.62 bits per heavy atom. The number of aryl methyl sites for hydroxylation is 1. The molecule has 88 valence electrons. The van der Waals surface area contributed by atoms with Crippen molar-refractivity contribution < 1.29 is 24.3 Å². The van der Waals surface area contributed by atoms with Crippen molar-refractivity contribution in [1.29, 1.82) is 0 Å². The zero-order valence-corrected chi connectivity index (χ0v) is 8.64. The smallest absolute Gasteiger partial charge is 0.326 e. The van der Waals surface area contributed by atoms with Gasteiger partial charge in [-0.05, 0) is 6.92 Å². The first-order valence-corrected chi connectivity index (χ1v) is 4.62. The SMILES string of the molecule is Cc1cc(C(=O)NC(CCO)C(=O)O)no1. The number of aliphatic hydroxyl groups excluding tert-OH is 1. The predicted molar refractivity (Wildman–Crippen MR) is 51.8 cm³/mol. The van der Waals surface area contributed by atoms with Crippen LogP contribution in [-0.2, 0) is 4.79 Å². The van der Waals surface area contributed by atoms with Crippen molar-refractivity contribution in [3.05, 3.63) is 17.5 Å². The lowest BCUT2D eigenvalue weighted by Gasteiger charge is -2.11. The molecule has 0 aliphatic rings. The molecular formula is C9H12N2O5. The molecule has 1 aromatic rings. The van der Waals surface area contributed by atoms with Crippen LogP contribution in [0.3, 0.4) is 0 Å². The fraction of sp³-hybridized carbons (Fsp3) is 0.444. The van der Waals surface area contributed by atoms with Crippen molar-refractivity contribution in [2.75, 3.05) is 6.61 Å². The van der Waals surface area contributed by atoms with Gasteiger partial charge in [-0.2, -0.15) is 0 Å². The summed E-state index contributed by atoms with van der Waals surface area (Å²) >= 11 is 0. The number of hydrogen-bond acceptors (Lipinski definition) is 5. The summed E-state index contributed by atoms with van der Waals surface area (Å²) in [6.07, 6.45) is -0.0576. The summed E-state index contributed by atoms with van der Waals surface area (Å²) in [7, 11) is 0. The summed E-state index contributed by atoms with van der Waals surface area (Å²) in [6, 6.07) is 0.266. The van der Waals surface area contributed by atoms with Gasteiger partial charge in [0.15, 0.2) is 5.69 Å². The van der Waals surface area contributed by atoms with E-state index in [-0.39, 0.29) is 18.7 Å². The van der Waals surface area contributed by atoms with E-state index in [9.17, 15) is 9.59 Å². The van der Waals surface area contributed by atoms with Gasteiger partial charge in [-0.1, -0.05) is 5.16 Å². The van der Waals surface area contributed by atoms with E-state index in [1.165, 1.54) is 6.07 Å². The number of amides is 1. The maximum absolute atomic E-state index is 11.5. The number of nitrogens with one attached hydrogen (secondary N) is 1. The van der Waals surface area contributed by atoms with E-state index in [4.69, 9.17) is 10.2 Å². The number of aromatic nitrogens is 1. The van der Waals surface area contributed by atoms with Crippen LogP contribution in [0.5, 0.6) is 0 Å². The number of aliphatic carboxylic acids is 1. The van der Waals surface area contributed by atoms with Crippen molar-refractivity contribution in [2.24, 2.45) is 0 Å². The molecule has 7 nitrogen and oxygen atoms in total. The fourth-order valence-electron chi connectivity index (χ4n) is 1.09. The number of carboxylic acid groups (broad SMARTS) is 1. The minimum Gasteiger partial charge on any atom is -0.480 e. The molecule has 0 bridgehead atoms. The minimum atomic E-state index is -1.21. The highest BCUT2D eigenvalue weighted by atomic mass is 16.5. The minimum absolute atomic E-state index is 0.0155. The molecule has 16 heavy (non-hydrogen) atoms. The van der Waals surface area contributed by atoms with E-state index < -0.39 is 17.9 Å². The number of carbonyl (C=O) groups excluding carboxylic acids is 1. The van der Waals surface area contributed by atoms with Crippen LogP contribution in [0.2, 0.25) is 0 Å². The van der Waals surface area contributed by atoms with E-state index in [1.807, 2.05) is 0 Å². The first-order chi connectivity index (χ1) is 7.54. The second-order valence-corrected chi connectivity index (χ2v) is 3.20. The largest absolute Gasteiger partial charge is 0.480 e. The van der Waals surface area contributed by atoms with Gasteiger partial charge in [0.25, 0.3) is 5.91 Å². The van der Waals surface area contributed by atoms with Crippen LogP contribution >= 0.6 is 0 Å². The normalized spacial score (nSPS) is 12.1. The lowest BCUT2D eigenvalue weighted by Crippen LogP contribution is -2.41. The fourth-order valence-corrected chi connectivity index (χ4v) is 1.09. The molecule has 1 aromatic heterocycles. The van der Waals surface area contributed by atoms with Gasteiger partial charge in [0.1, 0.15) is 11.8 Å². The Kier molecular flexibility index (Phi) is 4.01. The van der Waals surface area contributed by atoms with Crippen molar-refractivity contribution in [3.63, 3.8) is 0 Å². The summed E-state index contributed by atoms with van der Waals surface area (Å²) in [5, 5.41) is 23.0. The van der Waals surface area contributed by atoms with Crippen LogP contribution in [0, 0.1) is 6.92 Å². The van der Waals surface area contributed by atoms with Crippen molar-refractivity contribution >= 4 is 11.9 Å². The molecule has 1 heterocycles. The molecule has 0 radical (unpaired) electrons. The number of carboxylic acids is 1. The topological polar surface area (TPSA) is 113 Å². The van der Waals surface area contributed by atoms with Gasteiger partial charge >= 0.3 is 5.97 Å². The van der Waals surface area contributed by atoms with E-state index in [0.717, 1.165) is 0 Å². The Labute approximate surface area is 91.0 Å². The van der Waals surface area contributed by atoms with E-state index >= 15 is 0 Å². The van der Waals surface area contributed by atoms with E-state index in [2.05, 4.69) is 15.0 Å². The zero-order chi connectivity index (χ0) is 12.1. The molecule has 3 N–H and O–H groups in total. The van der Waals surface area contributed by atoms with E-state index in [0.29, 0.717) is 5.76 Å². The maximum atomic E-state index is 11.5. The molecule has 1 atom stereocenters. The van der Waals surface area contributed by atoms with Crippen LogP contribution in [0.4, 0.5) is 0 Å². The Hall–Kier alpha value is -1.89. The van der Waals surface area contributed by atoms with Crippen LogP contribution in [0.25, 0.3) is 0 Å². The maximum Gasteiger partial charge on any atom is 0.326 e. The molecule has 0 saturated heterocycles. The number of carbonyl (C=O) groups is 2. The Morgan fingerprint density at radius 2 is 2.31 bits per heavy atom. The first kappa shape index (κ1) is 12.2. The van der Waals surface area contributed by atoms with Gasteiger partial charge < -0.3 is 20.1 Å². The molecule has 7 heteroatoms. The summed E-state index contributed by atoms with van der Waals surface area (Å²) in [5.41, 5.74) is 0.0155. The second kappa shape index (κ2) is 5.26. The van der Waals surface area contributed by atoms with Gasteiger partial charge in [0, 0.05) is 19.1 Å². The third kappa shape index (κ3) is 3.06. The molecule has 1 rings (SSSR count). The van der Waals surface area contributed by atoms with Gasteiger partial charge in [0.2, 0.25) is 0 Å². The standard InChI is InChI=1S/C9H12N2O5/c1-5-4-7(11-16-5)8(13)10-6(2-3-12)9(14)15/h4,6,12H,2-3H2,1H3,(H,10,13)(H,14,15). The van der Waals surface area contributed by atoms with Crippen LogP contribution in [-0.4, -0.2) is 39.9 Å². The van der Waals surface area contributed by atoms with Crippen LogP contribution in [0.1, 0.15) is 22.7 Å². The van der Waals surface area contributed by atoms with Crippen molar-refractivity contribution in [2.45, 2.75) is 19.4 Å². The number of nitrogens with zero attached hydrogens (tertiary/aromatic N) is 1.